The molecule has 0 N–H and O–H groups in total. The zero-order chi connectivity index (χ0) is 34.3. The lowest BCUT2D eigenvalue weighted by molar-refractivity contribution is -0.160. The molecule has 3 aliphatic rings. The van der Waals surface area contributed by atoms with Gasteiger partial charge >= 0.3 is 11.9 Å². The number of aryl methyl sites for hydroxylation is 3. The van der Waals surface area contributed by atoms with E-state index in [1.54, 1.807) is 0 Å². The van der Waals surface area contributed by atoms with Crippen molar-refractivity contribution in [2.45, 2.75) is 91.1 Å². The number of benzene rings is 2. The number of hydrogen-bond acceptors (Lipinski definition) is 9. The molecule has 1 aliphatic carbocycles. The molecule has 9 nitrogen and oxygen atoms in total. The topological polar surface area (TPSA) is 86.8 Å². The molecule has 2 aromatic carbocycles. The molecule has 5 rings (SSSR count). The molecule has 0 radical (unpaired) electrons. The maximum Gasteiger partial charge on any atom is 0.343 e. The Labute approximate surface area is 286 Å². The van der Waals surface area contributed by atoms with E-state index in [1.807, 2.05) is 51.1 Å². The number of ether oxygens (including phenoxy) is 5. The Morgan fingerprint density at radius 1 is 0.917 bits per heavy atom. The zero-order valence-corrected chi connectivity index (χ0v) is 29.8. The largest absolute Gasteiger partial charge is 0.488 e. The van der Waals surface area contributed by atoms with Crippen LogP contribution in [0, 0.1) is 20.8 Å². The van der Waals surface area contributed by atoms with Crippen molar-refractivity contribution in [2.75, 3.05) is 59.1 Å². The summed E-state index contributed by atoms with van der Waals surface area (Å²) in [4.78, 5) is 30.3. The molecule has 0 aromatic heterocycles. The molecular weight excluding hydrogens is 608 g/mol. The van der Waals surface area contributed by atoms with Crippen molar-refractivity contribution in [3.8, 4) is 0 Å². The monoisotopic (exact) mass is 662 g/mol. The second kappa shape index (κ2) is 16.0. The van der Waals surface area contributed by atoms with Crippen molar-refractivity contribution in [1.29, 1.82) is 0 Å². The van der Waals surface area contributed by atoms with Crippen LogP contribution in [0.3, 0.4) is 0 Å². The summed E-state index contributed by atoms with van der Waals surface area (Å²) in [5.41, 5.74) is 4.59. The Morgan fingerprint density at radius 2 is 1.52 bits per heavy atom. The van der Waals surface area contributed by atoms with Gasteiger partial charge < -0.3 is 23.7 Å². The summed E-state index contributed by atoms with van der Waals surface area (Å²) in [6.45, 7) is 18.9. The standard InChI is InChI=1S/C39H54N2O7/c1-28-24-29(2)34(30(3)25-28)35-36(46-26-31-10-8-7-9-11-31)39(48-37(35)43)14-12-32(13-15-39)45-23-21-41-18-16-40(17-19-41)20-22-44-27-33(42)47-38(4,5)6/h7-11,24-25,32H,12-23,26-27H2,1-6H3. The molecule has 1 saturated carbocycles. The minimum Gasteiger partial charge on any atom is -0.488 e. The number of esters is 2. The van der Waals surface area contributed by atoms with E-state index < -0.39 is 11.2 Å². The Kier molecular flexibility index (Phi) is 12.0. The van der Waals surface area contributed by atoms with Crippen molar-refractivity contribution in [2.24, 2.45) is 0 Å². The van der Waals surface area contributed by atoms with Gasteiger partial charge in [0, 0.05) is 39.3 Å². The minimum absolute atomic E-state index is 0.00907. The Balaban J connectivity index is 1.10. The van der Waals surface area contributed by atoms with E-state index in [9.17, 15) is 9.59 Å². The van der Waals surface area contributed by atoms with Crippen LogP contribution >= 0.6 is 0 Å². The second-order valence-corrected chi connectivity index (χ2v) is 14.5. The van der Waals surface area contributed by atoms with Crippen LogP contribution in [0.2, 0.25) is 0 Å². The van der Waals surface area contributed by atoms with Crippen LogP contribution in [-0.4, -0.2) is 98.1 Å². The molecule has 2 aliphatic heterocycles. The van der Waals surface area contributed by atoms with E-state index in [2.05, 4.69) is 42.7 Å². The molecule has 0 atom stereocenters. The van der Waals surface area contributed by atoms with Gasteiger partial charge in [0.2, 0.25) is 0 Å². The number of hydrogen-bond donors (Lipinski definition) is 0. The van der Waals surface area contributed by atoms with Gasteiger partial charge in [-0.1, -0.05) is 48.0 Å². The summed E-state index contributed by atoms with van der Waals surface area (Å²) >= 11 is 0. The molecule has 2 fully saturated rings. The van der Waals surface area contributed by atoms with Crippen molar-refractivity contribution in [3.05, 3.63) is 76.0 Å². The Morgan fingerprint density at radius 3 is 2.12 bits per heavy atom. The zero-order valence-electron chi connectivity index (χ0n) is 29.8. The average Bonchev–Trinajstić information content (AvgIpc) is 3.29. The summed E-state index contributed by atoms with van der Waals surface area (Å²) in [6, 6.07) is 14.3. The number of rotatable bonds is 13. The van der Waals surface area contributed by atoms with Gasteiger partial charge in [-0.3, -0.25) is 9.80 Å². The first-order chi connectivity index (χ1) is 22.9. The van der Waals surface area contributed by atoms with Crippen molar-refractivity contribution in [1.82, 2.24) is 9.80 Å². The fraction of sp³-hybridized carbons (Fsp3) is 0.590. The number of piperazine rings is 1. The number of carbonyl (C=O) groups is 2. The highest BCUT2D eigenvalue weighted by Gasteiger charge is 2.52. The van der Waals surface area contributed by atoms with Crippen molar-refractivity contribution in [3.63, 3.8) is 0 Å². The predicted molar refractivity (Wildman–Crippen MR) is 185 cm³/mol. The molecule has 0 bridgehead atoms. The molecule has 0 unspecified atom stereocenters. The lowest BCUT2D eigenvalue weighted by Crippen LogP contribution is -2.48. The third-order valence-electron chi connectivity index (χ3n) is 9.44. The highest BCUT2D eigenvalue weighted by molar-refractivity contribution is 6.20. The van der Waals surface area contributed by atoms with Gasteiger partial charge in [0.25, 0.3) is 0 Å². The smallest absolute Gasteiger partial charge is 0.343 e. The summed E-state index contributed by atoms with van der Waals surface area (Å²) < 4.78 is 30.1. The summed E-state index contributed by atoms with van der Waals surface area (Å²) in [6.07, 6.45) is 3.09. The van der Waals surface area contributed by atoms with Crippen LogP contribution in [0.25, 0.3) is 5.57 Å². The third-order valence-corrected chi connectivity index (χ3v) is 9.44. The van der Waals surface area contributed by atoms with Crippen LogP contribution in [0.1, 0.15) is 74.3 Å². The van der Waals surface area contributed by atoms with Gasteiger partial charge in [-0.15, -0.1) is 0 Å². The molecular formula is C39H54N2O7. The third kappa shape index (κ3) is 9.47. The van der Waals surface area contributed by atoms with Crippen molar-refractivity contribution >= 4 is 17.5 Å². The van der Waals surface area contributed by atoms with E-state index in [1.165, 1.54) is 5.56 Å². The van der Waals surface area contributed by atoms with Crippen LogP contribution in [0.5, 0.6) is 0 Å². The second-order valence-electron chi connectivity index (χ2n) is 14.5. The fourth-order valence-corrected chi connectivity index (χ4v) is 7.18. The van der Waals surface area contributed by atoms with Gasteiger partial charge in [-0.2, -0.15) is 0 Å². The summed E-state index contributed by atoms with van der Waals surface area (Å²) in [5.74, 6) is 0.0642. The minimum atomic E-state index is -0.766. The van der Waals surface area contributed by atoms with Gasteiger partial charge in [-0.25, -0.2) is 9.59 Å². The molecule has 2 heterocycles. The van der Waals surface area contributed by atoms with Gasteiger partial charge in [0.1, 0.15) is 24.4 Å². The lowest BCUT2D eigenvalue weighted by atomic mass is 9.80. The van der Waals surface area contributed by atoms with E-state index in [-0.39, 0.29) is 24.6 Å². The highest BCUT2D eigenvalue weighted by atomic mass is 16.6. The van der Waals surface area contributed by atoms with Gasteiger partial charge in [-0.05, 0) is 89.5 Å². The van der Waals surface area contributed by atoms with Crippen LogP contribution in [0.4, 0.5) is 0 Å². The van der Waals surface area contributed by atoms with Crippen LogP contribution < -0.4 is 0 Å². The van der Waals surface area contributed by atoms with Crippen LogP contribution in [0.15, 0.2) is 48.2 Å². The summed E-state index contributed by atoms with van der Waals surface area (Å²) in [5, 5.41) is 0. The molecule has 0 amide bonds. The summed E-state index contributed by atoms with van der Waals surface area (Å²) in [7, 11) is 0. The van der Waals surface area contributed by atoms with E-state index in [0.717, 1.165) is 74.4 Å². The lowest BCUT2D eigenvalue weighted by Gasteiger charge is -2.38. The molecule has 262 valence electrons. The predicted octanol–water partition coefficient (Wildman–Crippen LogP) is 5.77. The van der Waals surface area contributed by atoms with E-state index in [0.29, 0.717) is 44.0 Å². The van der Waals surface area contributed by atoms with Gasteiger partial charge in [0.05, 0.1) is 19.3 Å². The normalized spacial score (nSPS) is 22.3. The first-order valence-corrected chi connectivity index (χ1v) is 17.5. The maximum absolute atomic E-state index is 13.6. The van der Waals surface area contributed by atoms with Crippen LogP contribution in [-0.2, 0) is 39.9 Å². The quantitative estimate of drug-likeness (QED) is 0.196. The number of nitrogens with zero attached hydrogens (tertiary/aromatic N) is 2. The molecule has 9 heteroatoms. The van der Waals surface area contributed by atoms with E-state index >= 15 is 0 Å². The molecule has 48 heavy (non-hydrogen) atoms. The first-order valence-electron chi connectivity index (χ1n) is 17.5. The fourth-order valence-electron chi connectivity index (χ4n) is 7.18. The van der Waals surface area contributed by atoms with Crippen molar-refractivity contribution < 1.29 is 33.3 Å². The number of carbonyl (C=O) groups excluding carboxylic acids is 2. The molecule has 2 aromatic rings. The van der Waals surface area contributed by atoms with E-state index in [4.69, 9.17) is 23.7 Å². The highest BCUT2D eigenvalue weighted by Crippen LogP contribution is 2.48. The Hall–Kier alpha value is -3.24. The van der Waals surface area contributed by atoms with Gasteiger partial charge in [0.15, 0.2) is 11.4 Å². The maximum atomic E-state index is 13.6. The first kappa shape index (κ1) is 36.1. The SMILES string of the molecule is Cc1cc(C)c(C2=C(OCc3ccccc3)C3(CCC(OCCN4CCN(CCOCC(=O)OC(C)(C)C)CC4)CC3)OC2=O)c(C)c1. The average molecular weight is 663 g/mol. The molecule has 1 saturated heterocycles. The Bertz CT molecular complexity index is 1410. The molecule has 1 spiro atoms.